The van der Waals surface area contributed by atoms with Crippen molar-refractivity contribution in [3.8, 4) is 0 Å². The second-order valence-corrected chi connectivity index (χ2v) is 6.96. The molecule has 0 saturated heterocycles. The number of hydrogen-bond donors (Lipinski definition) is 4. The Morgan fingerprint density at radius 1 is 0.833 bits per heavy atom. The highest BCUT2D eigenvalue weighted by molar-refractivity contribution is 7.80. The number of benzene rings is 2. The van der Waals surface area contributed by atoms with Gasteiger partial charge in [0.2, 0.25) is 0 Å². The van der Waals surface area contributed by atoms with Crippen molar-refractivity contribution in [3.63, 3.8) is 0 Å². The van der Waals surface area contributed by atoms with Crippen LogP contribution in [0.5, 0.6) is 0 Å². The minimum atomic E-state index is -0.356. The molecule has 1 aromatic heterocycles. The molecule has 0 fully saturated rings. The van der Waals surface area contributed by atoms with Crippen LogP contribution >= 0.6 is 12.2 Å². The first kappa shape index (κ1) is 20.9. The highest BCUT2D eigenvalue weighted by atomic mass is 32.1. The maximum absolute atomic E-state index is 12.3. The molecule has 1 heterocycles. The van der Waals surface area contributed by atoms with Gasteiger partial charge in [0.05, 0.1) is 5.56 Å². The number of aromatic nitrogens is 1. The number of nitrogens with one attached hydrogen (secondary N) is 4. The van der Waals surface area contributed by atoms with Gasteiger partial charge >= 0.3 is 0 Å². The van der Waals surface area contributed by atoms with E-state index in [1.54, 1.807) is 42.6 Å². The van der Waals surface area contributed by atoms with E-state index < -0.39 is 0 Å². The Balaban J connectivity index is 1.52. The third-order valence-corrected chi connectivity index (χ3v) is 4.68. The van der Waals surface area contributed by atoms with Crippen LogP contribution in [0.3, 0.4) is 0 Å². The first-order chi connectivity index (χ1) is 14.4. The van der Waals surface area contributed by atoms with Gasteiger partial charge in [-0.2, -0.15) is 0 Å². The van der Waals surface area contributed by atoms with Crippen LogP contribution in [-0.4, -0.2) is 21.9 Å². The van der Waals surface area contributed by atoms with E-state index in [9.17, 15) is 9.59 Å². The number of rotatable bonds is 4. The van der Waals surface area contributed by atoms with Gasteiger partial charge in [0.15, 0.2) is 5.11 Å². The van der Waals surface area contributed by atoms with Crippen LogP contribution in [0, 0.1) is 13.8 Å². The lowest BCUT2D eigenvalue weighted by Gasteiger charge is -2.14. The van der Waals surface area contributed by atoms with E-state index in [1.165, 1.54) is 6.20 Å². The van der Waals surface area contributed by atoms with Gasteiger partial charge in [0.1, 0.15) is 0 Å². The van der Waals surface area contributed by atoms with Crippen LogP contribution in [0.25, 0.3) is 0 Å². The average molecular weight is 420 g/mol. The summed E-state index contributed by atoms with van der Waals surface area (Å²) in [4.78, 5) is 28.4. The lowest BCUT2D eigenvalue weighted by atomic mass is 10.1. The molecule has 30 heavy (non-hydrogen) atoms. The number of anilines is 2. The molecular formula is C22H21N5O2S. The fraction of sp³-hybridized carbons (Fsp3) is 0.0909. The van der Waals surface area contributed by atoms with Crippen LogP contribution in [0.15, 0.2) is 67.0 Å². The molecule has 3 aromatic rings. The van der Waals surface area contributed by atoms with Gasteiger partial charge in [-0.25, -0.2) is 0 Å². The monoisotopic (exact) mass is 419 g/mol. The molecule has 0 radical (unpaired) electrons. The normalized spacial score (nSPS) is 10.1. The number of nitrogens with zero attached hydrogens (tertiary/aromatic N) is 1. The molecule has 7 nitrogen and oxygen atoms in total. The topological polar surface area (TPSA) is 95.1 Å². The maximum atomic E-state index is 12.3. The van der Waals surface area contributed by atoms with Crippen molar-refractivity contribution in [2.75, 3.05) is 10.6 Å². The lowest BCUT2D eigenvalue weighted by molar-refractivity contribution is 0.0943. The molecule has 152 valence electrons. The zero-order valence-corrected chi connectivity index (χ0v) is 17.3. The smallest absolute Gasteiger partial charge is 0.269 e. The van der Waals surface area contributed by atoms with Crippen molar-refractivity contribution in [2.45, 2.75) is 13.8 Å². The molecule has 0 bridgehead atoms. The van der Waals surface area contributed by atoms with Crippen LogP contribution in [-0.2, 0) is 0 Å². The van der Waals surface area contributed by atoms with Crippen molar-refractivity contribution in [1.29, 1.82) is 0 Å². The van der Waals surface area contributed by atoms with E-state index >= 15 is 0 Å². The summed E-state index contributed by atoms with van der Waals surface area (Å²) in [7, 11) is 0. The number of aryl methyl sites for hydroxylation is 1. The van der Waals surface area contributed by atoms with Gasteiger partial charge < -0.3 is 10.6 Å². The van der Waals surface area contributed by atoms with Crippen molar-refractivity contribution in [1.82, 2.24) is 15.8 Å². The molecule has 4 N–H and O–H groups in total. The molecule has 3 rings (SSSR count). The largest absolute Gasteiger partial charge is 0.331 e. The molecule has 0 aliphatic heterocycles. The fourth-order valence-corrected chi connectivity index (χ4v) is 2.79. The van der Waals surface area contributed by atoms with E-state index in [2.05, 4.69) is 26.5 Å². The predicted octanol–water partition coefficient (Wildman–Crippen LogP) is 3.58. The highest BCUT2D eigenvalue weighted by Crippen LogP contribution is 2.17. The number of hydrogen-bond acceptors (Lipinski definition) is 4. The Labute approximate surface area is 179 Å². The van der Waals surface area contributed by atoms with E-state index in [0.29, 0.717) is 16.8 Å². The van der Waals surface area contributed by atoms with Crippen LogP contribution in [0.1, 0.15) is 31.8 Å². The van der Waals surface area contributed by atoms with Gasteiger partial charge in [-0.15, -0.1) is 0 Å². The second kappa shape index (κ2) is 9.62. The Morgan fingerprint density at radius 3 is 2.30 bits per heavy atom. The molecule has 0 saturated carbocycles. The molecule has 8 heteroatoms. The summed E-state index contributed by atoms with van der Waals surface area (Å²) >= 11 is 5.23. The summed E-state index contributed by atoms with van der Waals surface area (Å²) in [6, 6.07) is 15.7. The molecule has 0 unspecified atom stereocenters. The summed E-state index contributed by atoms with van der Waals surface area (Å²) in [5.41, 5.74) is 9.77. The molecule has 0 atom stereocenters. The van der Waals surface area contributed by atoms with Crippen LogP contribution < -0.4 is 21.5 Å². The zero-order valence-electron chi connectivity index (χ0n) is 16.5. The van der Waals surface area contributed by atoms with E-state index in [1.807, 2.05) is 32.0 Å². The minimum absolute atomic E-state index is 0.273. The van der Waals surface area contributed by atoms with E-state index in [-0.39, 0.29) is 16.9 Å². The molecule has 2 amide bonds. The highest BCUT2D eigenvalue weighted by Gasteiger charge is 2.09. The van der Waals surface area contributed by atoms with Crippen LogP contribution in [0.4, 0.5) is 11.4 Å². The van der Waals surface area contributed by atoms with Crippen molar-refractivity contribution >= 4 is 40.5 Å². The Bertz CT molecular complexity index is 1070. The van der Waals surface area contributed by atoms with E-state index in [0.717, 1.165) is 16.8 Å². The number of hydrazine groups is 1. The number of thiocarbonyl (C=S) groups is 1. The quantitative estimate of drug-likeness (QED) is 0.381. The average Bonchev–Trinajstić information content (AvgIpc) is 2.76. The predicted molar refractivity (Wildman–Crippen MR) is 121 cm³/mol. The van der Waals surface area contributed by atoms with Gasteiger partial charge in [0, 0.05) is 29.3 Å². The SMILES string of the molecule is Cc1cccc(NC(=S)NNC(=O)c2ccc(NC(=O)c3cccnc3)cc2)c1C. The van der Waals surface area contributed by atoms with E-state index in [4.69, 9.17) is 12.2 Å². The zero-order chi connectivity index (χ0) is 21.5. The molecule has 0 aliphatic rings. The molecule has 2 aromatic carbocycles. The van der Waals surface area contributed by atoms with Gasteiger partial charge in [-0.3, -0.25) is 25.4 Å². The molecule has 0 spiro atoms. The molecular weight excluding hydrogens is 398 g/mol. The van der Waals surface area contributed by atoms with Gasteiger partial charge in [-0.05, 0) is 79.7 Å². The van der Waals surface area contributed by atoms with Crippen molar-refractivity contribution in [3.05, 3.63) is 89.2 Å². The Kier molecular flexibility index (Phi) is 6.71. The molecule has 0 aliphatic carbocycles. The fourth-order valence-electron chi connectivity index (χ4n) is 2.63. The summed E-state index contributed by atoms with van der Waals surface area (Å²) < 4.78 is 0. The second-order valence-electron chi connectivity index (χ2n) is 6.55. The lowest BCUT2D eigenvalue weighted by Crippen LogP contribution is -2.43. The summed E-state index contributed by atoms with van der Waals surface area (Å²) in [5.74, 6) is -0.630. The van der Waals surface area contributed by atoms with Gasteiger partial charge in [-0.1, -0.05) is 12.1 Å². The third-order valence-electron chi connectivity index (χ3n) is 4.47. The first-order valence-corrected chi connectivity index (χ1v) is 9.60. The number of pyridine rings is 1. The number of carbonyl (C=O) groups is 2. The number of carbonyl (C=O) groups excluding carboxylic acids is 2. The minimum Gasteiger partial charge on any atom is -0.331 e. The van der Waals surface area contributed by atoms with Crippen molar-refractivity contribution < 1.29 is 9.59 Å². The number of amides is 2. The third kappa shape index (κ3) is 5.39. The van der Waals surface area contributed by atoms with Gasteiger partial charge in [0.25, 0.3) is 11.8 Å². The van der Waals surface area contributed by atoms with Crippen LogP contribution in [0.2, 0.25) is 0 Å². The summed E-state index contributed by atoms with van der Waals surface area (Å²) in [6.07, 6.45) is 3.08. The Hall–Kier alpha value is -3.78. The Morgan fingerprint density at radius 2 is 1.60 bits per heavy atom. The van der Waals surface area contributed by atoms with Crippen molar-refractivity contribution in [2.24, 2.45) is 0 Å². The summed E-state index contributed by atoms with van der Waals surface area (Å²) in [6.45, 7) is 4.01. The first-order valence-electron chi connectivity index (χ1n) is 9.19. The summed E-state index contributed by atoms with van der Waals surface area (Å²) in [5, 5.41) is 6.09. The standard InChI is InChI=1S/C22H21N5O2S/c1-14-5-3-7-19(15(14)2)25-22(30)27-26-21(29)16-8-10-18(11-9-16)24-20(28)17-6-4-12-23-13-17/h3-13H,1-2H3,(H,24,28)(H,26,29)(H2,25,27,30). The maximum Gasteiger partial charge on any atom is 0.269 e.